The van der Waals surface area contributed by atoms with Crippen LogP contribution in [0, 0.1) is 12.7 Å². The van der Waals surface area contributed by atoms with Crippen LogP contribution < -0.4 is 18.9 Å². The number of aromatic nitrogens is 5. The number of rotatable bonds is 16. The number of carboxylic acid groups (broad SMARTS) is 1. The fraction of sp³-hybridized carbons (Fsp3) is 0.255. The molecule has 1 saturated heterocycles. The van der Waals surface area contributed by atoms with E-state index in [1.807, 2.05) is 55.5 Å². The molecule has 1 atom stereocenters. The highest BCUT2D eigenvalue weighted by Gasteiger charge is 2.27. The summed E-state index contributed by atoms with van der Waals surface area (Å²) in [6, 6.07) is 26.1. The van der Waals surface area contributed by atoms with E-state index < -0.39 is 17.9 Å². The first-order valence-corrected chi connectivity index (χ1v) is 20.6. The Kier molecular flexibility index (Phi) is 12.9. The van der Waals surface area contributed by atoms with Crippen molar-refractivity contribution >= 4 is 23.2 Å². The van der Waals surface area contributed by atoms with Crippen molar-refractivity contribution in [3.63, 3.8) is 0 Å². The van der Waals surface area contributed by atoms with Crippen LogP contribution in [0.1, 0.15) is 16.8 Å². The predicted molar refractivity (Wildman–Crippen MR) is 234 cm³/mol. The molecule has 15 heteroatoms. The summed E-state index contributed by atoms with van der Waals surface area (Å²) in [7, 11) is 3.72. The molecule has 1 N–H and O–H groups in total. The smallest absolute Gasteiger partial charge is 0.345 e. The number of nitrogens with zero attached hydrogens (tertiary/aromatic N) is 7. The second kappa shape index (κ2) is 19.0. The quantitative estimate of drug-likeness (QED) is 0.101. The molecular weight excluding hydrogens is 813 g/mol. The van der Waals surface area contributed by atoms with Crippen molar-refractivity contribution in [3.05, 3.63) is 137 Å². The number of fused-ring (bicyclic) bond motifs is 1. The topological polar surface area (TPSA) is 137 Å². The summed E-state index contributed by atoms with van der Waals surface area (Å²) in [5.41, 5.74) is 5.40. The third-order valence-electron chi connectivity index (χ3n) is 10.8. The number of hydrogen-bond acceptors (Lipinski definition) is 11. The van der Waals surface area contributed by atoms with Gasteiger partial charge in [-0.05, 0) is 85.8 Å². The second-order valence-electron chi connectivity index (χ2n) is 14.9. The van der Waals surface area contributed by atoms with Crippen molar-refractivity contribution in [2.75, 3.05) is 53.5 Å². The number of piperazine rings is 1. The highest BCUT2D eigenvalue weighted by molar-refractivity contribution is 6.33. The van der Waals surface area contributed by atoms with Gasteiger partial charge in [-0.15, -0.1) is 0 Å². The minimum Gasteiger partial charge on any atom is -0.496 e. The van der Waals surface area contributed by atoms with Crippen LogP contribution in [-0.4, -0.2) is 105 Å². The first-order chi connectivity index (χ1) is 30.2. The summed E-state index contributed by atoms with van der Waals surface area (Å²) < 4.78 is 40.3. The Balaban J connectivity index is 1.08. The van der Waals surface area contributed by atoms with Crippen LogP contribution in [0.2, 0.25) is 5.02 Å². The zero-order valence-electron chi connectivity index (χ0n) is 34.5. The molecule has 62 heavy (non-hydrogen) atoms. The molecule has 4 heterocycles. The molecule has 4 aromatic carbocycles. The minimum absolute atomic E-state index is 0.0575. The number of para-hydroxylation sites is 2. The molecule has 1 aliphatic rings. The highest BCUT2D eigenvalue weighted by atomic mass is 35.5. The van der Waals surface area contributed by atoms with E-state index >= 15 is 0 Å². The zero-order chi connectivity index (χ0) is 43.2. The lowest BCUT2D eigenvalue weighted by atomic mass is 10.0. The van der Waals surface area contributed by atoms with Gasteiger partial charge in [0, 0.05) is 56.5 Å². The van der Waals surface area contributed by atoms with Crippen LogP contribution in [0.25, 0.3) is 39.5 Å². The van der Waals surface area contributed by atoms with Gasteiger partial charge in [0.05, 0.1) is 47.2 Å². The number of imidazole rings is 1. The van der Waals surface area contributed by atoms with Gasteiger partial charge >= 0.3 is 5.97 Å². The van der Waals surface area contributed by atoms with Crippen LogP contribution in [-0.2, 0) is 17.8 Å². The van der Waals surface area contributed by atoms with E-state index in [1.165, 1.54) is 18.3 Å². The lowest BCUT2D eigenvalue weighted by Gasteiger charge is -2.32. The van der Waals surface area contributed by atoms with Gasteiger partial charge in [0.2, 0.25) is 12.0 Å². The minimum atomic E-state index is -1.38. The Morgan fingerprint density at radius 3 is 2.40 bits per heavy atom. The number of carboxylic acids is 1. The van der Waals surface area contributed by atoms with Crippen LogP contribution >= 0.6 is 11.6 Å². The molecule has 0 bridgehead atoms. The largest absolute Gasteiger partial charge is 0.496 e. The van der Waals surface area contributed by atoms with E-state index in [2.05, 4.69) is 26.8 Å². The highest BCUT2D eigenvalue weighted by Crippen LogP contribution is 2.41. The molecule has 1 aliphatic heterocycles. The normalized spacial score (nSPS) is 13.8. The summed E-state index contributed by atoms with van der Waals surface area (Å²) in [5, 5.41) is 11.0. The molecule has 318 valence electrons. The van der Waals surface area contributed by atoms with E-state index in [4.69, 9.17) is 40.5 Å². The molecule has 7 aromatic rings. The monoisotopic (exact) mass is 857 g/mol. The summed E-state index contributed by atoms with van der Waals surface area (Å²) in [6.07, 6.45) is 3.22. The molecule has 0 aliphatic carbocycles. The van der Waals surface area contributed by atoms with Crippen molar-refractivity contribution in [1.82, 2.24) is 34.1 Å². The average Bonchev–Trinajstić information content (AvgIpc) is 3.68. The van der Waals surface area contributed by atoms with Crippen LogP contribution in [0.3, 0.4) is 0 Å². The Morgan fingerprint density at radius 1 is 0.871 bits per heavy atom. The fourth-order valence-electron chi connectivity index (χ4n) is 7.42. The Hall–Kier alpha value is -6.61. The SMILES string of the molecule is COc1ccccc1-c1nccc(COc2ccccc2CC(Oc2cncc3nc(-c4ccc(F)cc4)c(-c4ccc(OCCN5CCN(C)CC5)c(Cl)c4C)n23)C(=O)O)n1. The molecule has 13 nitrogen and oxygen atoms in total. The van der Waals surface area contributed by atoms with Gasteiger partial charge in [-0.2, -0.15) is 0 Å². The number of likely N-dealkylation sites (N-methyl/N-ethyl adjacent to an activating group) is 1. The molecule has 0 spiro atoms. The lowest BCUT2D eigenvalue weighted by Crippen LogP contribution is -2.45. The molecule has 8 rings (SSSR count). The maximum Gasteiger partial charge on any atom is 0.345 e. The zero-order valence-corrected chi connectivity index (χ0v) is 35.3. The number of methoxy groups -OCH3 is 1. The van der Waals surface area contributed by atoms with Gasteiger partial charge in [-0.1, -0.05) is 41.9 Å². The van der Waals surface area contributed by atoms with Crippen LogP contribution in [0.15, 0.2) is 110 Å². The number of halogens is 2. The van der Waals surface area contributed by atoms with Gasteiger partial charge in [0.25, 0.3) is 0 Å². The number of aliphatic carboxylic acids is 1. The summed E-state index contributed by atoms with van der Waals surface area (Å²) in [6.45, 7) is 7.20. The third-order valence-corrected chi connectivity index (χ3v) is 11.3. The molecular formula is C47H45ClFN7O6. The Morgan fingerprint density at radius 2 is 1.63 bits per heavy atom. The van der Waals surface area contributed by atoms with Crippen LogP contribution in [0.4, 0.5) is 4.39 Å². The molecule has 0 saturated carbocycles. The van der Waals surface area contributed by atoms with Gasteiger partial charge in [-0.25, -0.2) is 24.1 Å². The van der Waals surface area contributed by atoms with Crippen molar-refractivity contribution in [2.45, 2.75) is 26.1 Å². The van der Waals surface area contributed by atoms with E-state index in [1.54, 1.807) is 54.2 Å². The van der Waals surface area contributed by atoms with Crippen molar-refractivity contribution in [2.24, 2.45) is 0 Å². The number of ether oxygens (including phenoxy) is 4. The van der Waals surface area contributed by atoms with Crippen molar-refractivity contribution < 1.29 is 33.2 Å². The Labute approximate surface area is 363 Å². The Bertz CT molecular complexity index is 2690. The van der Waals surface area contributed by atoms with Crippen LogP contribution in [0.5, 0.6) is 23.1 Å². The summed E-state index contributed by atoms with van der Waals surface area (Å²) in [5.74, 6) is 0.660. The van der Waals surface area contributed by atoms with E-state index in [9.17, 15) is 14.3 Å². The predicted octanol–water partition coefficient (Wildman–Crippen LogP) is 7.91. The van der Waals surface area contributed by atoms with E-state index in [-0.39, 0.29) is 18.9 Å². The molecule has 0 radical (unpaired) electrons. The van der Waals surface area contributed by atoms with E-state index in [0.29, 0.717) is 79.7 Å². The molecule has 3 aromatic heterocycles. The van der Waals surface area contributed by atoms with Gasteiger partial charge in [0.1, 0.15) is 36.3 Å². The molecule has 1 unspecified atom stereocenters. The molecule has 1 fully saturated rings. The summed E-state index contributed by atoms with van der Waals surface area (Å²) in [4.78, 5) is 36.1. The first kappa shape index (κ1) is 42.1. The maximum absolute atomic E-state index is 14.2. The van der Waals surface area contributed by atoms with Gasteiger partial charge < -0.3 is 29.0 Å². The maximum atomic E-state index is 14.2. The lowest BCUT2D eigenvalue weighted by molar-refractivity contribution is -0.145. The second-order valence-corrected chi connectivity index (χ2v) is 15.3. The standard InChI is InChI=1S/C47H45ClFN7O6/c1-30-35(16-17-39(43(30)48)60-25-24-55-22-20-54(2)21-23-55)45-44(31-12-14-33(49)15-13-31)53-41-27-50-28-42(56(41)45)62-40(47(57)58)26-32-8-4-6-10-37(32)61-29-34-18-19-51-46(52-34)36-9-5-7-11-38(36)59-3/h4-19,27-28,40H,20-26,29H2,1-3H3,(H,57,58). The number of carbonyl (C=O) groups is 1. The average molecular weight is 858 g/mol. The fourth-order valence-corrected chi connectivity index (χ4v) is 7.64. The third kappa shape index (κ3) is 9.32. The van der Waals surface area contributed by atoms with Gasteiger partial charge in [-0.3, -0.25) is 14.3 Å². The number of benzene rings is 4. The first-order valence-electron chi connectivity index (χ1n) is 20.2. The molecule has 0 amide bonds. The summed E-state index contributed by atoms with van der Waals surface area (Å²) >= 11 is 7.04. The van der Waals surface area contributed by atoms with Crippen molar-refractivity contribution in [3.8, 4) is 57.0 Å². The number of hydrogen-bond donors (Lipinski definition) is 1. The van der Waals surface area contributed by atoms with Gasteiger partial charge in [0.15, 0.2) is 11.5 Å². The van der Waals surface area contributed by atoms with Crippen molar-refractivity contribution in [1.29, 1.82) is 0 Å². The van der Waals surface area contributed by atoms with E-state index in [0.717, 1.165) is 38.3 Å².